The van der Waals surface area contributed by atoms with Crippen molar-refractivity contribution >= 4 is 23.5 Å². The average molecular weight is 284 g/mol. The van der Waals surface area contributed by atoms with E-state index in [2.05, 4.69) is 0 Å². The minimum Gasteiger partial charge on any atom is -0.394 e. The Morgan fingerprint density at radius 3 is 1.53 bits per heavy atom. The van der Waals surface area contributed by atoms with Crippen LogP contribution in [0.15, 0.2) is 0 Å². The van der Waals surface area contributed by atoms with Crippen molar-refractivity contribution in [3.63, 3.8) is 0 Å². The fourth-order valence-electron chi connectivity index (χ4n) is 1.23. The van der Waals surface area contributed by atoms with Gasteiger partial charge >= 0.3 is 0 Å². The Morgan fingerprint density at radius 1 is 0.824 bits per heavy atom. The molecule has 0 aromatic carbocycles. The summed E-state index contributed by atoms with van der Waals surface area (Å²) in [6.45, 7) is 7.50. The molecule has 0 fully saturated rings. The van der Waals surface area contributed by atoms with Crippen LogP contribution in [0.4, 0.5) is 0 Å². The molecule has 0 rings (SSSR count). The van der Waals surface area contributed by atoms with Gasteiger partial charge < -0.3 is 20.4 Å². The zero-order valence-corrected chi connectivity index (χ0v) is 12.4. The van der Waals surface area contributed by atoms with Gasteiger partial charge in [-0.3, -0.25) is 0 Å². The van der Waals surface area contributed by atoms with Crippen LogP contribution in [0.2, 0.25) is 0 Å². The molecule has 4 N–H and O–H groups in total. The molecule has 0 aliphatic rings. The standard InChI is InChI=1S/C11H24O4S2/c1-6(2)16-11(17-7(3)4)10(15)9(14)8(13)5-12/h6-15H,5H2,1-4H3/t8-,9+,10-/m1/s1. The third-order valence-electron chi connectivity index (χ3n) is 2.02. The SMILES string of the molecule is CC(C)SC(SC(C)C)[C@H](O)[C@@H](O)[C@H](O)CO. The minimum atomic E-state index is -1.32. The molecule has 17 heavy (non-hydrogen) atoms. The van der Waals surface area contributed by atoms with Gasteiger partial charge in [-0.1, -0.05) is 27.7 Å². The van der Waals surface area contributed by atoms with Gasteiger partial charge in [-0.05, 0) is 0 Å². The average Bonchev–Trinajstić information content (AvgIpc) is 2.23. The van der Waals surface area contributed by atoms with Crippen LogP contribution in [-0.4, -0.2) is 60.4 Å². The van der Waals surface area contributed by atoms with E-state index in [1.54, 1.807) is 23.5 Å². The molecule has 0 amide bonds. The van der Waals surface area contributed by atoms with Gasteiger partial charge in [0.1, 0.15) is 18.3 Å². The van der Waals surface area contributed by atoms with Gasteiger partial charge in [0.05, 0.1) is 11.2 Å². The molecular formula is C11H24O4S2. The maximum Gasteiger partial charge on any atom is 0.110 e. The molecule has 0 bridgehead atoms. The van der Waals surface area contributed by atoms with Crippen molar-refractivity contribution in [2.75, 3.05) is 6.61 Å². The Morgan fingerprint density at radius 2 is 1.24 bits per heavy atom. The molecular weight excluding hydrogens is 260 g/mol. The zero-order valence-electron chi connectivity index (χ0n) is 10.8. The Labute approximate surface area is 112 Å². The van der Waals surface area contributed by atoms with Gasteiger partial charge in [0.25, 0.3) is 0 Å². The van der Waals surface area contributed by atoms with E-state index < -0.39 is 24.9 Å². The molecule has 3 atom stereocenters. The normalized spacial score (nSPS) is 17.8. The van der Waals surface area contributed by atoms with Crippen LogP contribution in [0.25, 0.3) is 0 Å². The predicted octanol–water partition coefficient (Wildman–Crippen LogP) is 0.671. The van der Waals surface area contributed by atoms with Gasteiger partial charge in [0.2, 0.25) is 0 Å². The van der Waals surface area contributed by atoms with Crippen molar-refractivity contribution in [3.8, 4) is 0 Å². The zero-order chi connectivity index (χ0) is 13.6. The molecule has 0 aliphatic heterocycles. The molecule has 0 saturated heterocycles. The number of thioether (sulfide) groups is 2. The number of hydrogen-bond donors (Lipinski definition) is 4. The lowest BCUT2D eigenvalue weighted by atomic mass is 10.1. The minimum absolute atomic E-state index is 0.216. The molecule has 0 saturated carbocycles. The monoisotopic (exact) mass is 284 g/mol. The lowest BCUT2D eigenvalue weighted by Crippen LogP contribution is -2.44. The molecule has 0 aliphatic carbocycles. The Hall–Kier alpha value is 0.540. The Bertz CT molecular complexity index is 192. The van der Waals surface area contributed by atoms with E-state index >= 15 is 0 Å². The van der Waals surface area contributed by atoms with Crippen LogP contribution in [-0.2, 0) is 0 Å². The van der Waals surface area contributed by atoms with Crippen molar-refractivity contribution in [1.82, 2.24) is 0 Å². The maximum absolute atomic E-state index is 10.0. The maximum atomic E-state index is 10.0. The molecule has 0 spiro atoms. The third kappa shape index (κ3) is 6.88. The van der Waals surface area contributed by atoms with Gasteiger partial charge in [0.15, 0.2) is 0 Å². The third-order valence-corrected chi connectivity index (χ3v) is 4.87. The van der Waals surface area contributed by atoms with Crippen LogP contribution < -0.4 is 0 Å². The summed E-state index contributed by atoms with van der Waals surface area (Å²) in [6.07, 6.45) is -3.67. The van der Waals surface area contributed by atoms with Crippen LogP contribution in [0.5, 0.6) is 0 Å². The molecule has 4 nitrogen and oxygen atoms in total. The van der Waals surface area contributed by atoms with Crippen LogP contribution >= 0.6 is 23.5 Å². The van der Waals surface area contributed by atoms with Crippen LogP contribution in [0, 0.1) is 0 Å². The largest absolute Gasteiger partial charge is 0.394 e. The summed E-state index contributed by atoms with van der Waals surface area (Å²) in [4.78, 5) is 0. The highest BCUT2D eigenvalue weighted by Crippen LogP contribution is 2.34. The van der Waals surface area contributed by atoms with Crippen molar-refractivity contribution in [1.29, 1.82) is 0 Å². The van der Waals surface area contributed by atoms with E-state index in [0.29, 0.717) is 10.5 Å². The lowest BCUT2D eigenvalue weighted by Gasteiger charge is -2.30. The highest BCUT2D eigenvalue weighted by atomic mass is 32.2. The first-order chi connectivity index (χ1) is 7.79. The Kier molecular flexibility index (Phi) is 8.88. The van der Waals surface area contributed by atoms with Crippen molar-refractivity contribution in [2.24, 2.45) is 0 Å². The lowest BCUT2D eigenvalue weighted by molar-refractivity contribution is -0.0706. The molecule has 104 valence electrons. The number of aliphatic hydroxyl groups is 4. The summed E-state index contributed by atoms with van der Waals surface area (Å²) in [5.74, 6) is 0. The topological polar surface area (TPSA) is 80.9 Å². The molecule has 0 unspecified atom stereocenters. The highest BCUT2D eigenvalue weighted by Gasteiger charge is 2.32. The van der Waals surface area contributed by atoms with Crippen LogP contribution in [0.1, 0.15) is 27.7 Å². The molecule has 0 aromatic rings. The fraction of sp³-hybridized carbons (Fsp3) is 1.00. The fourth-order valence-corrected chi connectivity index (χ4v) is 4.53. The smallest absolute Gasteiger partial charge is 0.110 e. The molecule has 6 heteroatoms. The van der Waals surface area contributed by atoms with E-state index in [1.165, 1.54) is 0 Å². The Balaban J connectivity index is 4.54. The molecule has 0 aromatic heterocycles. The summed E-state index contributed by atoms with van der Waals surface area (Å²) in [6, 6.07) is 0. The molecule has 0 heterocycles. The predicted molar refractivity (Wildman–Crippen MR) is 74.3 cm³/mol. The quantitative estimate of drug-likeness (QED) is 0.491. The van der Waals surface area contributed by atoms with Gasteiger partial charge in [-0.25, -0.2) is 0 Å². The number of aliphatic hydroxyl groups excluding tert-OH is 4. The van der Waals surface area contributed by atoms with E-state index in [9.17, 15) is 15.3 Å². The summed E-state index contributed by atoms with van der Waals surface area (Å²) in [7, 11) is 0. The van der Waals surface area contributed by atoms with Gasteiger partial charge in [-0.15, -0.1) is 23.5 Å². The second-order valence-corrected chi connectivity index (χ2v) is 8.21. The van der Waals surface area contributed by atoms with E-state index in [4.69, 9.17) is 5.11 Å². The first-order valence-corrected chi connectivity index (χ1v) is 7.64. The summed E-state index contributed by atoms with van der Waals surface area (Å²) in [5.41, 5.74) is 0. The first-order valence-electron chi connectivity index (χ1n) is 5.75. The van der Waals surface area contributed by atoms with Gasteiger partial charge in [0, 0.05) is 10.5 Å². The summed E-state index contributed by atoms with van der Waals surface area (Å²) >= 11 is 3.10. The highest BCUT2D eigenvalue weighted by molar-refractivity contribution is 8.17. The van der Waals surface area contributed by atoms with Crippen molar-refractivity contribution < 1.29 is 20.4 Å². The van der Waals surface area contributed by atoms with Gasteiger partial charge in [-0.2, -0.15) is 0 Å². The van der Waals surface area contributed by atoms with Crippen molar-refractivity contribution in [3.05, 3.63) is 0 Å². The number of hydrogen-bond acceptors (Lipinski definition) is 6. The van der Waals surface area contributed by atoms with Crippen LogP contribution in [0.3, 0.4) is 0 Å². The van der Waals surface area contributed by atoms with E-state index in [0.717, 1.165) is 0 Å². The van der Waals surface area contributed by atoms with E-state index in [1.807, 2.05) is 27.7 Å². The van der Waals surface area contributed by atoms with Crippen molar-refractivity contribution in [2.45, 2.75) is 61.1 Å². The second-order valence-electron chi connectivity index (χ2n) is 4.47. The second kappa shape index (κ2) is 8.61. The summed E-state index contributed by atoms with van der Waals surface area (Å²) in [5, 5.41) is 38.4. The number of rotatable bonds is 8. The first kappa shape index (κ1) is 17.5. The molecule has 0 radical (unpaired) electrons. The van der Waals surface area contributed by atoms with E-state index in [-0.39, 0.29) is 4.58 Å². The summed E-state index contributed by atoms with van der Waals surface area (Å²) < 4.78 is -0.216.